The van der Waals surface area contributed by atoms with Crippen LogP contribution in [-0.2, 0) is 9.59 Å². The molecule has 1 aliphatic carbocycles. The van der Waals surface area contributed by atoms with Crippen LogP contribution in [0.25, 0.3) is 0 Å². The van der Waals surface area contributed by atoms with Gasteiger partial charge in [-0.2, -0.15) is 0 Å². The lowest BCUT2D eigenvalue weighted by Gasteiger charge is -2.26. The molecule has 1 amide bonds. The fourth-order valence-electron chi connectivity index (χ4n) is 3.23. The van der Waals surface area contributed by atoms with Gasteiger partial charge in [-0.1, -0.05) is 32.1 Å². The van der Waals surface area contributed by atoms with E-state index < -0.39 is 0 Å². The van der Waals surface area contributed by atoms with Crippen LogP contribution in [0.15, 0.2) is 0 Å². The molecule has 1 saturated carbocycles. The number of carbonyl (C=O) groups excluding carboxylic acids is 2. The molecule has 0 bridgehead atoms. The standard InChI is InChI=1S/C15H25NO2/c17-14-9-5-11-16(12-14)15(18)10-4-8-13-6-2-1-3-7-13/h13H,1-12H2. The summed E-state index contributed by atoms with van der Waals surface area (Å²) in [6, 6.07) is 0. The molecule has 18 heavy (non-hydrogen) atoms. The van der Waals surface area contributed by atoms with Crippen molar-refractivity contribution in [1.29, 1.82) is 0 Å². The van der Waals surface area contributed by atoms with Gasteiger partial charge in [-0.3, -0.25) is 9.59 Å². The molecule has 3 heteroatoms. The number of hydrogen-bond acceptors (Lipinski definition) is 2. The zero-order chi connectivity index (χ0) is 12.8. The van der Waals surface area contributed by atoms with Crippen molar-refractivity contribution >= 4 is 11.7 Å². The number of ketones is 1. The fraction of sp³-hybridized carbons (Fsp3) is 0.867. The van der Waals surface area contributed by atoms with Crippen molar-refractivity contribution in [2.75, 3.05) is 13.1 Å². The lowest BCUT2D eigenvalue weighted by molar-refractivity contribution is -0.137. The number of rotatable bonds is 4. The van der Waals surface area contributed by atoms with E-state index in [2.05, 4.69) is 0 Å². The highest BCUT2D eigenvalue weighted by molar-refractivity contribution is 5.87. The molecule has 0 aromatic rings. The summed E-state index contributed by atoms with van der Waals surface area (Å²) in [7, 11) is 0. The molecule has 0 aromatic heterocycles. The second-order valence-corrected chi connectivity index (χ2v) is 5.85. The van der Waals surface area contributed by atoms with Crippen LogP contribution in [-0.4, -0.2) is 29.7 Å². The molecule has 1 heterocycles. The average molecular weight is 251 g/mol. The first-order valence-corrected chi connectivity index (χ1v) is 7.55. The molecule has 2 rings (SSSR count). The van der Waals surface area contributed by atoms with Crippen LogP contribution >= 0.6 is 0 Å². The third-order valence-electron chi connectivity index (χ3n) is 4.33. The summed E-state index contributed by atoms with van der Waals surface area (Å²) < 4.78 is 0. The van der Waals surface area contributed by atoms with Gasteiger partial charge in [-0.05, 0) is 25.2 Å². The monoisotopic (exact) mass is 251 g/mol. The van der Waals surface area contributed by atoms with Gasteiger partial charge in [0, 0.05) is 19.4 Å². The first-order valence-electron chi connectivity index (χ1n) is 7.55. The molecule has 0 atom stereocenters. The number of Topliss-reactive ketones (excluding diaryl/α,β-unsaturated/α-hetero) is 1. The Balaban J connectivity index is 1.63. The summed E-state index contributed by atoms with van der Waals surface area (Å²) in [4.78, 5) is 25.0. The summed E-state index contributed by atoms with van der Waals surface area (Å²) in [5.74, 6) is 1.27. The molecule has 0 aromatic carbocycles. The smallest absolute Gasteiger partial charge is 0.222 e. The molecular weight excluding hydrogens is 226 g/mol. The Morgan fingerprint density at radius 1 is 1.17 bits per heavy atom. The Hall–Kier alpha value is -0.860. The van der Waals surface area contributed by atoms with Crippen molar-refractivity contribution in [2.24, 2.45) is 5.92 Å². The maximum Gasteiger partial charge on any atom is 0.222 e. The summed E-state index contributed by atoms with van der Waals surface area (Å²) in [6.07, 6.45) is 11.2. The van der Waals surface area contributed by atoms with Gasteiger partial charge >= 0.3 is 0 Å². The number of nitrogens with zero attached hydrogens (tertiary/aromatic N) is 1. The van der Waals surface area contributed by atoms with E-state index in [1.165, 1.54) is 38.5 Å². The Bertz CT molecular complexity index is 295. The molecule has 0 radical (unpaired) electrons. The van der Waals surface area contributed by atoms with Gasteiger partial charge in [0.1, 0.15) is 0 Å². The topological polar surface area (TPSA) is 37.4 Å². The number of likely N-dealkylation sites (tertiary alicyclic amines) is 1. The Morgan fingerprint density at radius 2 is 1.94 bits per heavy atom. The van der Waals surface area contributed by atoms with E-state index in [1.54, 1.807) is 4.90 Å². The molecule has 0 unspecified atom stereocenters. The highest BCUT2D eigenvalue weighted by Crippen LogP contribution is 2.27. The van der Waals surface area contributed by atoms with Gasteiger partial charge in [-0.25, -0.2) is 0 Å². The molecule has 2 fully saturated rings. The molecule has 2 aliphatic rings. The first kappa shape index (κ1) is 13.6. The lowest BCUT2D eigenvalue weighted by Crippen LogP contribution is -2.40. The molecule has 0 spiro atoms. The van der Waals surface area contributed by atoms with Crippen molar-refractivity contribution in [3.05, 3.63) is 0 Å². The maximum atomic E-state index is 12.0. The lowest BCUT2D eigenvalue weighted by atomic mass is 9.86. The predicted molar refractivity (Wildman–Crippen MR) is 71.2 cm³/mol. The first-order chi connectivity index (χ1) is 8.75. The number of amides is 1. The second kappa shape index (κ2) is 6.91. The summed E-state index contributed by atoms with van der Waals surface area (Å²) in [5.41, 5.74) is 0. The second-order valence-electron chi connectivity index (χ2n) is 5.85. The maximum absolute atomic E-state index is 12.0. The minimum absolute atomic E-state index is 0.193. The zero-order valence-electron chi connectivity index (χ0n) is 11.3. The number of hydrogen-bond donors (Lipinski definition) is 0. The highest BCUT2D eigenvalue weighted by Gasteiger charge is 2.21. The van der Waals surface area contributed by atoms with Gasteiger partial charge in [0.25, 0.3) is 0 Å². The summed E-state index contributed by atoms with van der Waals surface area (Å²) in [6.45, 7) is 1.15. The fourth-order valence-corrected chi connectivity index (χ4v) is 3.23. The molecular formula is C15H25NO2. The number of piperidine rings is 1. The van der Waals surface area contributed by atoms with Crippen LogP contribution in [0.1, 0.15) is 64.2 Å². The minimum Gasteiger partial charge on any atom is -0.335 e. The van der Waals surface area contributed by atoms with Gasteiger partial charge in [0.05, 0.1) is 6.54 Å². The van der Waals surface area contributed by atoms with E-state index in [9.17, 15) is 9.59 Å². The molecule has 0 N–H and O–H groups in total. The van der Waals surface area contributed by atoms with Gasteiger partial charge < -0.3 is 4.90 Å². The van der Waals surface area contributed by atoms with E-state index in [-0.39, 0.29) is 11.7 Å². The largest absolute Gasteiger partial charge is 0.335 e. The van der Waals surface area contributed by atoms with Gasteiger partial charge in [0.15, 0.2) is 5.78 Å². The highest BCUT2D eigenvalue weighted by atomic mass is 16.2. The third-order valence-corrected chi connectivity index (χ3v) is 4.33. The van der Waals surface area contributed by atoms with Gasteiger partial charge in [0.2, 0.25) is 5.91 Å². The average Bonchev–Trinajstić information content (AvgIpc) is 2.40. The van der Waals surface area contributed by atoms with Crippen molar-refractivity contribution < 1.29 is 9.59 Å². The van der Waals surface area contributed by atoms with Crippen molar-refractivity contribution in [1.82, 2.24) is 4.90 Å². The predicted octanol–water partition coefficient (Wildman–Crippen LogP) is 2.93. The minimum atomic E-state index is 0.193. The Labute approximate surface area is 110 Å². The Kier molecular flexibility index (Phi) is 5.21. The van der Waals surface area contributed by atoms with E-state index in [0.717, 1.165) is 25.3 Å². The van der Waals surface area contributed by atoms with Crippen molar-refractivity contribution in [2.45, 2.75) is 64.2 Å². The zero-order valence-corrected chi connectivity index (χ0v) is 11.3. The van der Waals surface area contributed by atoms with Crippen molar-refractivity contribution in [3.8, 4) is 0 Å². The van der Waals surface area contributed by atoms with E-state index in [1.807, 2.05) is 0 Å². The SMILES string of the molecule is O=C1CCCN(C(=O)CCCC2CCCCC2)C1. The molecule has 1 saturated heterocycles. The van der Waals surface area contributed by atoms with Crippen LogP contribution in [0, 0.1) is 5.92 Å². The molecule has 102 valence electrons. The normalized spacial score (nSPS) is 22.2. The quantitative estimate of drug-likeness (QED) is 0.770. The Morgan fingerprint density at radius 3 is 2.67 bits per heavy atom. The van der Waals surface area contributed by atoms with Crippen LogP contribution in [0.5, 0.6) is 0 Å². The number of carbonyl (C=O) groups is 2. The third kappa shape index (κ3) is 4.11. The van der Waals surface area contributed by atoms with E-state index >= 15 is 0 Å². The van der Waals surface area contributed by atoms with Crippen LogP contribution < -0.4 is 0 Å². The van der Waals surface area contributed by atoms with E-state index in [4.69, 9.17) is 0 Å². The molecule has 3 nitrogen and oxygen atoms in total. The summed E-state index contributed by atoms with van der Waals surface area (Å²) in [5, 5.41) is 0. The van der Waals surface area contributed by atoms with Crippen molar-refractivity contribution in [3.63, 3.8) is 0 Å². The van der Waals surface area contributed by atoms with E-state index in [0.29, 0.717) is 19.4 Å². The summed E-state index contributed by atoms with van der Waals surface area (Å²) >= 11 is 0. The van der Waals surface area contributed by atoms with Gasteiger partial charge in [-0.15, -0.1) is 0 Å². The van der Waals surface area contributed by atoms with Crippen LogP contribution in [0.4, 0.5) is 0 Å². The van der Waals surface area contributed by atoms with Crippen LogP contribution in [0.2, 0.25) is 0 Å². The molecule has 1 aliphatic heterocycles. The van der Waals surface area contributed by atoms with Crippen LogP contribution in [0.3, 0.4) is 0 Å².